The van der Waals surface area contributed by atoms with Crippen molar-refractivity contribution in [2.24, 2.45) is 7.05 Å². The Balaban J connectivity index is 2.18. The summed E-state index contributed by atoms with van der Waals surface area (Å²) >= 11 is 6.07. The zero-order valence-electron chi connectivity index (χ0n) is 10.7. The van der Waals surface area contributed by atoms with Crippen LogP contribution in [-0.4, -0.2) is 16.9 Å². The van der Waals surface area contributed by atoms with Crippen LogP contribution < -0.4 is 10.1 Å². The van der Waals surface area contributed by atoms with E-state index in [0.717, 1.165) is 22.7 Å². The van der Waals surface area contributed by atoms with Gasteiger partial charge in [-0.25, -0.2) is 0 Å². The van der Waals surface area contributed by atoms with Crippen molar-refractivity contribution in [2.45, 2.75) is 13.5 Å². The summed E-state index contributed by atoms with van der Waals surface area (Å²) < 4.78 is 7.15. The van der Waals surface area contributed by atoms with Gasteiger partial charge in [0.25, 0.3) is 0 Å². The first-order valence-corrected chi connectivity index (χ1v) is 6.04. The third-order valence-corrected chi connectivity index (χ3v) is 3.27. The Morgan fingerprint density at radius 2 is 2.22 bits per heavy atom. The lowest BCUT2D eigenvalue weighted by Crippen LogP contribution is -2.06. The van der Waals surface area contributed by atoms with Crippen molar-refractivity contribution in [1.82, 2.24) is 9.78 Å². The van der Waals surface area contributed by atoms with E-state index in [9.17, 15) is 0 Å². The zero-order chi connectivity index (χ0) is 13.1. The maximum atomic E-state index is 6.07. The summed E-state index contributed by atoms with van der Waals surface area (Å²) in [6, 6.07) is 5.78. The number of halogens is 1. The summed E-state index contributed by atoms with van der Waals surface area (Å²) in [5.74, 6) is 0.743. The van der Waals surface area contributed by atoms with Gasteiger partial charge >= 0.3 is 0 Å². The van der Waals surface area contributed by atoms with Crippen molar-refractivity contribution in [3.05, 3.63) is 40.7 Å². The van der Waals surface area contributed by atoms with Crippen molar-refractivity contribution < 1.29 is 4.74 Å². The van der Waals surface area contributed by atoms with Gasteiger partial charge in [0.2, 0.25) is 0 Å². The van der Waals surface area contributed by atoms with E-state index in [1.54, 1.807) is 13.3 Å². The van der Waals surface area contributed by atoms with Crippen LogP contribution in [0.25, 0.3) is 0 Å². The lowest BCUT2D eigenvalue weighted by molar-refractivity contribution is 0.416. The van der Waals surface area contributed by atoms with E-state index in [1.165, 1.54) is 0 Å². The van der Waals surface area contributed by atoms with E-state index in [2.05, 4.69) is 10.4 Å². The molecule has 4 nitrogen and oxygen atoms in total. The maximum absolute atomic E-state index is 6.07. The van der Waals surface area contributed by atoms with Gasteiger partial charge in [0.1, 0.15) is 5.75 Å². The SMILES string of the molecule is COc1cc(Cl)c(C)cc1NCc1ccnn1C. The summed E-state index contributed by atoms with van der Waals surface area (Å²) in [4.78, 5) is 0. The molecule has 0 saturated carbocycles. The molecule has 0 fully saturated rings. The average molecular weight is 266 g/mol. The number of benzene rings is 1. The van der Waals surface area contributed by atoms with Crippen LogP contribution in [-0.2, 0) is 13.6 Å². The molecule has 0 bridgehead atoms. The van der Waals surface area contributed by atoms with Crippen LogP contribution in [0, 0.1) is 6.92 Å². The van der Waals surface area contributed by atoms with E-state index in [-0.39, 0.29) is 0 Å². The predicted molar refractivity (Wildman–Crippen MR) is 73.3 cm³/mol. The predicted octanol–water partition coefficient (Wildman–Crippen LogP) is 3.00. The van der Waals surface area contributed by atoms with Crippen molar-refractivity contribution in [1.29, 1.82) is 0 Å². The van der Waals surface area contributed by atoms with Crippen LogP contribution in [0.3, 0.4) is 0 Å². The van der Waals surface area contributed by atoms with Gasteiger partial charge in [-0.2, -0.15) is 5.10 Å². The molecule has 0 aliphatic carbocycles. The van der Waals surface area contributed by atoms with Gasteiger partial charge in [0.15, 0.2) is 0 Å². The summed E-state index contributed by atoms with van der Waals surface area (Å²) in [6.45, 7) is 2.66. The fraction of sp³-hybridized carbons (Fsp3) is 0.308. The van der Waals surface area contributed by atoms with Gasteiger partial charge in [-0.3, -0.25) is 4.68 Å². The Labute approximate surface area is 112 Å². The minimum absolute atomic E-state index is 0.688. The summed E-state index contributed by atoms with van der Waals surface area (Å²) in [6.07, 6.45) is 1.78. The molecular formula is C13H16ClN3O. The fourth-order valence-electron chi connectivity index (χ4n) is 1.73. The molecule has 0 saturated heterocycles. The van der Waals surface area contributed by atoms with Crippen LogP contribution in [0.1, 0.15) is 11.3 Å². The minimum atomic E-state index is 0.688. The molecule has 0 unspecified atom stereocenters. The molecule has 0 atom stereocenters. The van der Waals surface area contributed by atoms with Gasteiger partial charge < -0.3 is 10.1 Å². The van der Waals surface area contributed by atoms with Crippen molar-refractivity contribution in [3.63, 3.8) is 0 Å². The molecule has 1 N–H and O–H groups in total. The number of methoxy groups -OCH3 is 1. The van der Waals surface area contributed by atoms with Crippen LogP contribution >= 0.6 is 11.6 Å². The minimum Gasteiger partial charge on any atom is -0.495 e. The number of hydrogen-bond donors (Lipinski definition) is 1. The topological polar surface area (TPSA) is 39.1 Å². The number of nitrogens with zero attached hydrogens (tertiary/aromatic N) is 2. The molecule has 5 heteroatoms. The second kappa shape index (κ2) is 5.31. The quantitative estimate of drug-likeness (QED) is 0.924. The molecule has 18 heavy (non-hydrogen) atoms. The molecule has 0 aliphatic heterocycles. The van der Waals surface area contributed by atoms with E-state index in [1.807, 2.05) is 36.9 Å². The Kier molecular flexibility index (Phi) is 3.77. The number of nitrogens with one attached hydrogen (secondary N) is 1. The van der Waals surface area contributed by atoms with Crippen LogP contribution in [0.15, 0.2) is 24.4 Å². The van der Waals surface area contributed by atoms with Gasteiger partial charge in [-0.15, -0.1) is 0 Å². The van der Waals surface area contributed by atoms with Crippen molar-refractivity contribution in [2.75, 3.05) is 12.4 Å². The maximum Gasteiger partial charge on any atom is 0.143 e. The first-order valence-electron chi connectivity index (χ1n) is 5.66. The number of aryl methyl sites for hydroxylation is 2. The third kappa shape index (κ3) is 2.59. The molecule has 1 heterocycles. The van der Waals surface area contributed by atoms with Gasteiger partial charge in [-0.1, -0.05) is 11.6 Å². The van der Waals surface area contributed by atoms with Crippen LogP contribution in [0.5, 0.6) is 5.75 Å². The number of ether oxygens (including phenoxy) is 1. The number of anilines is 1. The summed E-state index contributed by atoms with van der Waals surface area (Å²) in [5, 5.41) is 8.16. The number of aromatic nitrogens is 2. The Hall–Kier alpha value is -1.68. The molecule has 96 valence electrons. The standard InChI is InChI=1S/C13H16ClN3O/c1-9-6-12(13(18-3)7-11(9)14)15-8-10-4-5-16-17(10)2/h4-7,15H,8H2,1-3H3. The molecule has 0 radical (unpaired) electrons. The second-order valence-electron chi connectivity index (χ2n) is 4.10. The molecule has 0 aliphatic rings. The third-order valence-electron chi connectivity index (χ3n) is 2.86. The highest BCUT2D eigenvalue weighted by atomic mass is 35.5. The van der Waals surface area contributed by atoms with E-state index in [4.69, 9.17) is 16.3 Å². The van der Waals surface area contributed by atoms with Gasteiger partial charge in [0, 0.05) is 24.3 Å². The summed E-state index contributed by atoms with van der Waals surface area (Å²) in [7, 11) is 3.55. The molecule has 1 aromatic heterocycles. The van der Waals surface area contributed by atoms with Gasteiger partial charge in [-0.05, 0) is 24.6 Å². The number of rotatable bonds is 4. The van der Waals surface area contributed by atoms with E-state index >= 15 is 0 Å². The normalized spacial score (nSPS) is 10.4. The van der Waals surface area contributed by atoms with E-state index < -0.39 is 0 Å². The molecule has 0 spiro atoms. The first-order chi connectivity index (χ1) is 8.61. The highest BCUT2D eigenvalue weighted by Gasteiger charge is 2.07. The molecule has 0 amide bonds. The van der Waals surface area contributed by atoms with Crippen LogP contribution in [0.4, 0.5) is 5.69 Å². The van der Waals surface area contributed by atoms with Crippen LogP contribution in [0.2, 0.25) is 5.02 Å². The molecular weight excluding hydrogens is 250 g/mol. The molecule has 1 aromatic carbocycles. The lowest BCUT2D eigenvalue weighted by Gasteiger charge is -2.13. The Morgan fingerprint density at radius 1 is 1.44 bits per heavy atom. The molecule has 2 aromatic rings. The monoisotopic (exact) mass is 265 g/mol. The highest BCUT2D eigenvalue weighted by Crippen LogP contribution is 2.31. The first kappa shape index (κ1) is 12.8. The highest BCUT2D eigenvalue weighted by molar-refractivity contribution is 6.31. The molecule has 2 rings (SSSR count). The number of hydrogen-bond acceptors (Lipinski definition) is 3. The smallest absolute Gasteiger partial charge is 0.143 e. The lowest BCUT2D eigenvalue weighted by atomic mass is 10.2. The average Bonchev–Trinajstić information content (AvgIpc) is 2.76. The van der Waals surface area contributed by atoms with E-state index in [0.29, 0.717) is 11.6 Å². The van der Waals surface area contributed by atoms with Crippen molar-refractivity contribution >= 4 is 17.3 Å². The summed E-state index contributed by atoms with van der Waals surface area (Å²) in [5.41, 5.74) is 3.05. The zero-order valence-corrected chi connectivity index (χ0v) is 11.5. The second-order valence-corrected chi connectivity index (χ2v) is 4.51. The Morgan fingerprint density at radius 3 is 2.83 bits per heavy atom. The largest absolute Gasteiger partial charge is 0.495 e. The van der Waals surface area contributed by atoms with Gasteiger partial charge in [0.05, 0.1) is 25.0 Å². The van der Waals surface area contributed by atoms with Crippen molar-refractivity contribution in [3.8, 4) is 5.75 Å². The fourth-order valence-corrected chi connectivity index (χ4v) is 1.88. The Bertz CT molecular complexity index is 551.